The minimum atomic E-state index is -0.416. The molecule has 0 saturated carbocycles. The monoisotopic (exact) mass is 820 g/mol. The van der Waals surface area contributed by atoms with Crippen LogP contribution in [0.3, 0.4) is 0 Å². The molecule has 178 valence electrons. The minimum absolute atomic E-state index is 0.146. The molecule has 30 heavy (non-hydrogen) atoms. The second-order valence-corrected chi connectivity index (χ2v) is 11.3. The van der Waals surface area contributed by atoms with E-state index in [4.69, 9.17) is 22.0 Å². The van der Waals surface area contributed by atoms with Crippen LogP contribution in [0.25, 0.3) is 0 Å². The number of hydrogen-bond acceptors (Lipinski definition) is 9. The summed E-state index contributed by atoms with van der Waals surface area (Å²) in [6, 6.07) is 0. The van der Waals surface area contributed by atoms with Gasteiger partial charge in [0.1, 0.15) is 31.0 Å². The summed E-state index contributed by atoms with van der Waals surface area (Å²) in [6.45, 7) is 2.80. The van der Waals surface area contributed by atoms with Crippen LogP contribution in [0.5, 0.6) is 0 Å². The number of unbranched alkanes of at least 4 members (excludes halogenated alkanes) is 8. The van der Waals surface area contributed by atoms with Gasteiger partial charge in [-0.25, -0.2) is 0 Å². The molecule has 1 saturated heterocycles. The third-order valence-electron chi connectivity index (χ3n) is 4.87. The summed E-state index contributed by atoms with van der Waals surface area (Å²) in [7, 11) is 3.70. The van der Waals surface area contributed by atoms with Gasteiger partial charge in [-0.15, -0.1) is 0 Å². The predicted molar refractivity (Wildman–Crippen MR) is 152 cm³/mol. The SMILES string of the molecule is CCCCCCCCCCCC(=O)OCC(OSI)C1OC[C@@H](OSI)[C@@H]1OSI. The molecule has 4 atom stereocenters. The highest BCUT2D eigenvalue weighted by Gasteiger charge is 2.45. The van der Waals surface area contributed by atoms with E-state index in [2.05, 4.69) is 70.5 Å². The van der Waals surface area contributed by atoms with E-state index < -0.39 is 6.10 Å². The third-order valence-corrected chi connectivity index (χ3v) is 7.67. The van der Waals surface area contributed by atoms with Gasteiger partial charge in [0.2, 0.25) is 0 Å². The standard InChI is InChI=1S/C18H31I3O6S3/c1-2-3-4-5-6-7-8-9-10-11-16(22)23-12-14(25-28-19)17-18(27-30-21)15(13-24-17)26-29-20/h14-15,17-18H,2-13H2,1H3/t14?,15-,17?,18+/m1/s1. The van der Waals surface area contributed by atoms with Crippen LogP contribution in [0, 0.1) is 0 Å². The van der Waals surface area contributed by atoms with Gasteiger partial charge < -0.3 is 9.47 Å². The van der Waals surface area contributed by atoms with Gasteiger partial charge >= 0.3 is 5.97 Å². The maximum absolute atomic E-state index is 12.2. The van der Waals surface area contributed by atoms with Crippen LogP contribution in [-0.2, 0) is 26.8 Å². The molecule has 0 bridgehead atoms. The Hall–Kier alpha value is 2.55. The van der Waals surface area contributed by atoms with Gasteiger partial charge in [-0.1, -0.05) is 58.3 Å². The molecule has 0 aromatic heterocycles. The van der Waals surface area contributed by atoms with Crippen molar-refractivity contribution in [3.05, 3.63) is 0 Å². The smallest absolute Gasteiger partial charge is 0.305 e. The molecule has 1 aliphatic heterocycles. The number of carbonyl (C=O) groups is 1. The van der Waals surface area contributed by atoms with Crippen LogP contribution in [0.15, 0.2) is 0 Å². The zero-order valence-electron chi connectivity index (χ0n) is 17.1. The maximum Gasteiger partial charge on any atom is 0.305 e. The van der Waals surface area contributed by atoms with E-state index in [1.165, 1.54) is 72.6 Å². The Labute approximate surface area is 230 Å². The number of esters is 1. The topological polar surface area (TPSA) is 63.2 Å². The van der Waals surface area contributed by atoms with Gasteiger partial charge in [-0.05, 0) is 6.42 Å². The Bertz CT molecular complexity index is 442. The van der Waals surface area contributed by atoms with Crippen molar-refractivity contribution in [1.29, 1.82) is 0 Å². The number of carbonyl (C=O) groups excluding carboxylic acids is 1. The predicted octanol–water partition coefficient (Wildman–Crippen LogP) is 8.00. The molecule has 0 aliphatic carbocycles. The first-order valence-corrected chi connectivity index (χ1v) is 20.1. The first kappa shape index (κ1) is 30.6. The summed E-state index contributed by atoms with van der Waals surface area (Å²) in [6.07, 6.45) is 10.2. The van der Waals surface area contributed by atoms with Crippen molar-refractivity contribution in [2.75, 3.05) is 13.2 Å². The van der Waals surface area contributed by atoms with Crippen LogP contribution in [0.4, 0.5) is 0 Å². The molecule has 0 N–H and O–H groups in total. The van der Waals surface area contributed by atoms with E-state index in [1.807, 2.05) is 0 Å². The zero-order valence-corrected chi connectivity index (χ0v) is 26.0. The van der Waals surface area contributed by atoms with Crippen molar-refractivity contribution in [3.8, 4) is 0 Å². The third kappa shape index (κ3) is 13.4. The van der Waals surface area contributed by atoms with Crippen LogP contribution >= 0.6 is 91.3 Å². The molecule has 1 heterocycles. The number of rotatable bonds is 19. The molecule has 6 nitrogen and oxygen atoms in total. The molecule has 12 heteroatoms. The summed E-state index contributed by atoms with van der Waals surface area (Å²) in [5, 5.41) is 0. The molecule has 0 aromatic carbocycles. The molecule has 1 fully saturated rings. The highest BCUT2D eigenvalue weighted by Crippen LogP contribution is 2.34. The number of hydrogen-bond donors (Lipinski definition) is 0. The Morgan fingerprint density at radius 2 is 1.60 bits per heavy atom. The summed E-state index contributed by atoms with van der Waals surface area (Å²) >= 11 is 6.21. The molecular weight excluding hydrogens is 789 g/mol. The first-order valence-electron chi connectivity index (χ1n) is 10.3. The molecule has 0 spiro atoms. The van der Waals surface area contributed by atoms with Gasteiger partial charge in [0, 0.05) is 70.0 Å². The van der Waals surface area contributed by atoms with Crippen LogP contribution in [0.1, 0.15) is 71.1 Å². The Morgan fingerprint density at radius 3 is 2.20 bits per heavy atom. The second kappa shape index (κ2) is 20.9. The second-order valence-electron chi connectivity index (χ2n) is 7.08. The van der Waals surface area contributed by atoms with Crippen LogP contribution in [0.2, 0.25) is 0 Å². The fraction of sp³-hybridized carbons (Fsp3) is 0.944. The van der Waals surface area contributed by atoms with Crippen molar-refractivity contribution < 1.29 is 26.8 Å². The van der Waals surface area contributed by atoms with Gasteiger partial charge in [0.15, 0.2) is 0 Å². The molecule has 0 aromatic rings. The highest BCUT2D eigenvalue weighted by molar-refractivity contribution is 14.2. The lowest BCUT2D eigenvalue weighted by Gasteiger charge is -2.26. The fourth-order valence-electron chi connectivity index (χ4n) is 3.27. The van der Waals surface area contributed by atoms with Crippen LogP contribution in [-0.4, -0.2) is 43.6 Å². The van der Waals surface area contributed by atoms with Gasteiger partial charge in [0.25, 0.3) is 0 Å². The van der Waals surface area contributed by atoms with Gasteiger partial charge in [-0.3, -0.25) is 17.3 Å². The van der Waals surface area contributed by atoms with E-state index >= 15 is 0 Å². The summed E-state index contributed by atoms with van der Waals surface area (Å²) in [5.41, 5.74) is 0. The Balaban J connectivity index is 2.28. The van der Waals surface area contributed by atoms with Gasteiger partial charge in [0.05, 0.1) is 34.2 Å². The summed E-state index contributed by atoms with van der Waals surface area (Å²) in [5.74, 6) is -0.181. The minimum Gasteiger partial charge on any atom is -0.463 e. The van der Waals surface area contributed by atoms with Gasteiger partial charge in [-0.2, -0.15) is 0 Å². The van der Waals surface area contributed by atoms with Crippen molar-refractivity contribution >= 4 is 97.2 Å². The lowest BCUT2D eigenvalue weighted by molar-refractivity contribution is -0.148. The molecule has 1 rings (SSSR count). The lowest BCUT2D eigenvalue weighted by atomic mass is 10.1. The molecular formula is C18H31I3O6S3. The average Bonchev–Trinajstić information content (AvgIpc) is 3.13. The van der Waals surface area contributed by atoms with Crippen molar-refractivity contribution in [3.63, 3.8) is 0 Å². The zero-order chi connectivity index (χ0) is 22.0. The van der Waals surface area contributed by atoms with E-state index in [0.717, 1.165) is 12.8 Å². The van der Waals surface area contributed by atoms with Crippen LogP contribution < -0.4 is 0 Å². The average molecular weight is 820 g/mol. The van der Waals surface area contributed by atoms with Crippen molar-refractivity contribution in [2.24, 2.45) is 0 Å². The number of ether oxygens (including phenoxy) is 2. The Morgan fingerprint density at radius 1 is 0.967 bits per heavy atom. The van der Waals surface area contributed by atoms with E-state index in [-0.39, 0.29) is 30.9 Å². The largest absolute Gasteiger partial charge is 0.463 e. The molecule has 2 unspecified atom stereocenters. The maximum atomic E-state index is 12.2. The molecule has 0 radical (unpaired) electrons. The highest BCUT2D eigenvalue weighted by atomic mass is 127. The molecule has 1 aliphatic rings. The van der Waals surface area contributed by atoms with Crippen molar-refractivity contribution in [1.82, 2.24) is 0 Å². The quantitative estimate of drug-likeness (QED) is 0.0559. The lowest BCUT2D eigenvalue weighted by Crippen LogP contribution is -2.42. The molecule has 0 amide bonds. The van der Waals surface area contributed by atoms with Crippen molar-refractivity contribution in [2.45, 2.75) is 95.5 Å². The Kier molecular flexibility index (Phi) is 21.3. The fourth-order valence-corrected chi connectivity index (χ4v) is 6.42. The first-order chi connectivity index (χ1) is 14.7. The normalized spacial score (nSPS) is 22.3. The van der Waals surface area contributed by atoms with E-state index in [9.17, 15) is 4.79 Å². The summed E-state index contributed by atoms with van der Waals surface area (Å²) < 4.78 is 28.5. The van der Waals surface area contributed by atoms with E-state index in [0.29, 0.717) is 13.0 Å². The summed E-state index contributed by atoms with van der Waals surface area (Å²) in [4.78, 5) is 12.2. The van der Waals surface area contributed by atoms with E-state index in [1.54, 1.807) is 0 Å². The number of halogens is 3.